The molecule has 0 heterocycles. The van der Waals surface area contributed by atoms with Crippen LogP contribution in [0.2, 0.25) is 0 Å². The lowest BCUT2D eigenvalue weighted by Gasteiger charge is -2.35. The van der Waals surface area contributed by atoms with Crippen molar-refractivity contribution < 1.29 is 9.90 Å². The molecular formula is C15H22O2. The van der Waals surface area contributed by atoms with E-state index in [1.807, 2.05) is 0 Å². The van der Waals surface area contributed by atoms with Crippen molar-refractivity contribution in [3.8, 4) is 0 Å². The molecule has 1 fully saturated rings. The van der Waals surface area contributed by atoms with Crippen LogP contribution in [0.4, 0.5) is 0 Å². The predicted molar refractivity (Wildman–Crippen MR) is 70.1 cm³/mol. The van der Waals surface area contributed by atoms with Gasteiger partial charge in [-0.15, -0.1) is 0 Å². The summed E-state index contributed by atoms with van der Waals surface area (Å²) >= 11 is 0. The third-order valence-corrected chi connectivity index (χ3v) is 3.48. The van der Waals surface area contributed by atoms with Gasteiger partial charge >= 0.3 is 0 Å². The molecule has 0 radical (unpaired) electrons. The minimum atomic E-state index is -0.250. The highest BCUT2D eigenvalue weighted by Gasteiger charge is 2.28. The van der Waals surface area contributed by atoms with Gasteiger partial charge in [0.2, 0.25) is 0 Å². The van der Waals surface area contributed by atoms with E-state index in [0.29, 0.717) is 5.41 Å². The van der Waals surface area contributed by atoms with E-state index in [4.69, 9.17) is 9.90 Å². The van der Waals surface area contributed by atoms with Crippen molar-refractivity contribution in [1.82, 2.24) is 0 Å². The number of benzene rings is 1. The fourth-order valence-electron chi connectivity index (χ4n) is 2.71. The van der Waals surface area contributed by atoms with Crippen LogP contribution < -0.4 is 0 Å². The largest absolute Gasteiger partial charge is 0.483 e. The molecule has 2 nitrogen and oxygen atoms in total. The molecule has 0 amide bonds. The van der Waals surface area contributed by atoms with Crippen LogP contribution in [0, 0.1) is 5.41 Å². The first kappa shape index (κ1) is 13.8. The van der Waals surface area contributed by atoms with Crippen LogP contribution in [0.15, 0.2) is 30.3 Å². The van der Waals surface area contributed by atoms with E-state index in [0.717, 1.165) is 5.92 Å². The Hall–Kier alpha value is -1.31. The summed E-state index contributed by atoms with van der Waals surface area (Å²) in [5.41, 5.74) is 2.10. The fraction of sp³-hybridized carbons (Fsp3) is 0.533. The van der Waals surface area contributed by atoms with Crippen LogP contribution >= 0.6 is 0 Å². The van der Waals surface area contributed by atoms with Crippen molar-refractivity contribution in [2.45, 2.75) is 45.4 Å². The molecule has 2 heteroatoms. The van der Waals surface area contributed by atoms with Gasteiger partial charge in [0.15, 0.2) is 0 Å². The molecule has 2 rings (SSSR count). The third kappa shape index (κ3) is 4.59. The Kier molecular flexibility index (Phi) is 5.20. The molecule has 1 aliphatic carbocycles. The first-order valence-corrected chi connectivity index (χ1v) is 6.22. The number of rotatable bonds is 1. The normalized spacial score (nSPS) is 22.1. The monoisotopic (exact) mass is 234 g/mol. The second-order valence-electron chi connectivity index (χ2n) is 5.47. The molecule has 0 aliphatic heterocycles. The molecule has 0 bridgehead atoms. The fourth-order valence-corrected chi connectivity index (χ4v) is 2.71. The average molecular weight is 234 g/mol. The van der Waals surface area contributed by atoms with Crippen LogP contribution in [0.25, 0.3) is 0 Å². The summed E-state index contributed by atoms with van der Waals surface area (Å²) in [5, 5.41) is 6.89. The number of hydrogen-bond donors (Lipinski definition) is 1. The molecule has 0 spiro atoms. The van der Waals surface area contributed by atoms with E-state index in [9.17, 15) is 0 Å². The zero-order chi connectivity index (χ0) is 12.7. The van der Waals surface area contributed by atoms with Crippen molar-refractivity contribution in [2.24, 2.45) is 5.41 Å². The van der Waals surface area contributed by atoms with Crippen LogP contribution in [0.3, 0.4) is 0 Å². The Labute approximate surface area is 104 Å². The highest BCUT2D eigenvalue weighted by molar-refractivity contribution is 5.32. The van der Waals surface area contributed by atoms with Crippen LogP contribution in [-0.2, 0) is 4.79 Å². The van der Waals surface area contributed by atoms with E-state index >= 15 is 0 Å². The second-order valence-corrected chi connectivity index (χ2v) is 5.47. The number of carbonyl (C=O) groups is 1. The topological polar surface area (TPSA) is 37.3 Å². The van der Waals surface area contributed by atoms with Crippen LogP contribution in [0.5, 0.6) is 0 Å². The third-order valence-electron chi connectivity index (χ3n) is 3.48. The molecule has 1 aromatic rings. The van der Waals surface area contributed by atoms with Crippen molar-refractivity contribution in [3.63, 3.8) is 0 Å². The van der Waals surface area contributed by atoms with Gasteiger partial charge in [-0.3, -0.25) is 4.79 Å². The van der Waals surface area contributed by atoms with Gasteiger partial charge in [-0.2, -0.15) is 0 Å². The summed E-state index contributed by atoms with van der Waals surface area (Å²) in [7, 11) is 0. The Balaban J connectivity index is 0.000000437. The predicted octanol–water partition coefficient (Wildman–Crippen LogP) is 4.07. The average Bonchev–Trinajstić information content (AvgIpc) is 2.30. The molecule has 0 saturated heterocycles. The van der Waals surface area contributed by atoms with Crippen molar-refractivity contribution >= 4 is 6.47 Å². The van der Waals surface area contributed by atoms with Gasteiger partial charge in [0.25, 0.3) is 6.47 Å². The summed E-state index contributed by atoms with van der Waals surface area (Å²) in [6, 6.07) is 11.0. The summed E-state index contributed by atoms with van der Waals surface area (Å²) in [4.78, 5) is 8.36. The number of hydrogen-bond acceptors (Lipinski definition) is 1. The first-order chi connectivity index (χ1) is 8.09. The summed E-state index contributed by atoms with van der Waals surface area (Å²) < 4.78 is 0. The van der Waals surface area contributed by atoms with Gasteiger partial charge in [0.05, 0.1) is 0 Å². The maximum atomic E-state index is 8.36. The Morgan fingerprint density at radius 3 is 2.41 bits per heavy atom. The van der Waals surface area contributed by atoms with Gasteiger partial charge in [-0.1, -0.05) is 50.6 Å². The smallest absolute Gasteiger partial charge is 0.290 e. The summed E-state index contributed by atoms with van der Waals surface area (Å²) in [5.74, 6) is 0.806. The zero-order valence-corrected chi connectivity index (χ0v) is 10.7. The van der Waals surface area contributed by atoms with E-state index in [2.05, 4.69) is 44.2 Å². The summed E-state index contributed by atoms with van der Waals surface area (Å²) in [6.45, 7) is 4.56. The van der Waals surface area contributed by atoms with Gasteiger partial charge in [0.1, 0.15) is 0 Å². The summed E-state index contributed by atoms with van der Waals surface area (Å²) in [6.07, 6.45) is 5.54. The Morgan fingerprint density at radius 2 is 1.88 bits per heavy atom. The molecule has 0 aromatic heterocycles. The maximum Gasteiger partial charge on any atom is 0.290 e. The molecule has 1 N–H and O–H groups in total. The van der Waals surface area contributed by atoms with E-state index in [1.165, 1.54) is 25.7 Å². The Bertz CT molecular complexity index is 330. The second kappa shape index (κ2) is 6.43. The molecular weight excluding hydrogens is 212 g/mol. The standard InChI is InChI=1S/C14H20.CH2O2/c1-14(2)10-6-9-13(11-14)12-7-4-3-5-8-12;2-1-3/h3-5,7-8,13H,6,9-11H2,1-2H3;1H,(H,2,3). The van der Waals surface area contributed by atoms with E-state index in [1.54, 1.807) is 5.56 Å². The molecule has 17 heavy (non-hydrogen) atoms. The molecule has 1 unspecified atom stereocenters. The first-order valence-electron chi connectivity index (χ1n) is 6.22. The SMILES string of the molecule is CC1(C)CCCC(c2ccccc2)C1.O=CO. The van der Waals surface area contributed by atoms with Gasteiger partial charge < -0.3 is 5.11 Å². The lowest BCUT2D eigenvalue weighted by molar-refractivity contribution is -0.122. The zero-order valence-electron chi connectivity index (χ0n) is 10.7. The molecule has 94 valence electrons. The van der Waals surface area contributed by atoms with Crippen LogP contribution in [0.1, 0.15) is 51.0 Å². The van der Waals surface area contributed by atoms with Gasteiger partial charge in [-0.25, -0.2) is 0 Å². The highest BCUT2D eigenvalue weighted by Crippen LogP contribution is 2.43. The quantitative estimate of drug-likeness (QED) is 0.744. The van der Waals surface area contributed by atoms with Crippen molar-refractivity contribution in [1.29, 1.82) is 0 Å². The molecule has 1 aliphatic rings. The van der Waals surface area contributed by atoms with Gasteiger partial charge in [-0.05, 0) is 36.2 Å². The molecule has 1 saturated carbocycles. The van der Waals surface area contributed by atoms with Crippen molar-refractivity contribution in [2.75, 3.05) is 0 Å². The number of carboxylic acid groups (broad SMARTS) is 1. The van der Waals surface area contributed by atoms with Gasteiger partial charge in [0, 0.05) is 0 Å². The van der Waals surface area contributed by atoms with E-state index < -0.39 is 0 Å². The lowest BCUT2D eigenvalue weighted by atomic mass is 9.70. The maximum absolute atomic E-state index is 8.36. The molecule has 1 atom stereocenters. The highest BCUT2D eigenvalue weighted by atomic mass is 16.3. The van der Waals surface area contributed by atoms with Crippen LogP contribution in [-0.4, -0.2) is 11.6 Å². The van der Waals surface area contributed by atoms with E-state index in [-0.39, 0.29) is 6.47 Å². The minimum Gasteiger partial charge on any atom is -0.483 e. The van der Waals surface area contributed by atoms with Crippen molar-refractivity contribution in [3.05, 3.63) is 35.9 Å². The minimum absolute atomic E-state index is 0.250. The Morgan fingerprint density at radius 1 is 1.29 bits per heavy atom. The lowest BCUT2D eigenvalue weighted by Crippen LogP contribution is -2.21. The molecule has 1 aromatic carbocycles.